The first-order valence-electron chi connectivity index (χ1n) is 7.42. The third-order valence-electron chi connectivity index (χ3n) is 3.36. The van der Waals surface area contributed by atoms with E-state index in [1.807, 2.05) is 31.2 Å². The van der Waals surface area contributed by atoms with Crippen molar-refractivity contribution in [1.82, 2.24) is 5.32 Å². The van der Waals surface area contributed by atoms with Crippen molar-refractivity contribution in [2.45, 2.75) is 13.5 Å². The molecule has 0 saturated carbocycles. The fourth-order valence-electron chi connectivity index (χ4n) is 2.10. The lowest BCUT2D eigenvalue weighted by molar-refractivity contribution is -0.116. The summed E-state index contributed by atoms with van der Waals surface area (Å²) in [7, 11) is -3.29. The van der Waals surface area contributed by atoms with Crippen LogP contribution in [0, 0.1) is 6.92 Å². The number of benzene rings is 2. The molecule has 0 unspecified atom stereocenters. The summed E-state index contributed by atoms with van der Waals surface area (Å²) in [6, 6.07) is 14.6. The Morgan fingerprint density at radius 3 is 2.38 bits per heavy atom. The van der Waals surface area contributed by atoms with Gasteiger partial charge >= 0.3 is 0 Å². The molecule has 5 nitrogen and oxygen atoms in total. The molecule has 0 bridgehead atoms. The molecule has 0 saturated heterocycles. The quantitative estimate of drug-likeness (QED) is 0.791. The SMILES string of the molecule is Cc1ccccc1CNC(=O)/C=C/c1ccc(NS(C)(=O)=O)cc1. The van der Waals surface area contributed by atoms with Crippen molar-refractivity contribution in [1.29, 1.82) is 0 Å². The van der Waals surface area contributed by atoms with Gasteiger partial charge in [-0.1, -0.05) is 36.4 Å². The van der Waals surface area contributed by atoms with E-state index in [1.165, 1.54) is 6.08 Å². The summed E-state index contributed by atoms with van der Waals surface area (Å²) in [5.74, 6) is -0.184. The lowest BCUT2D eigenvalue weighted by Gasteiger charge is -2.06. The van der Waals surface area contributed by atoms with Crippen molar-refractivity contribution < 1.29 is 13.2 Å². The Morgan fingerprint density at radius 1 is 1.08 bits per heavy atom. The summed E-state index contributed by atoms with van der Waals surface area (Å²) in [5, 5.41) is 2.84. The minimum absolute atomic E-state index is 0.184. The molecule has 126 valence electrons. The zero-order valence-electron chi connectivity index (χ0n) is 13.6. The Morgan fingerprint density at radius 2 is 1.75 bits per heavy atom. The molecule has 0 atom stereocenters. The average Bonchev–Trinajstić information content (AvgIpc) is 2.52. The number of hydrogen-bond acceptors (Lipinski definition) is 3. The van der Waals surface area contributed by atoms with Gasteiger partial charge in [-0.25, -0.2) is 8.42 Å². The summed E-state index contributed by atoms with van der Waals surface area (Å²) in [5.41, 5.74) is 3.50. The molecule has 1 amide bonds. The molecule has 2 rings (SSSR count). The van der Waals surface area contributed by atoms with Crippen LogP contribution in [0.15, 0.2) is 54.6 Å². The van der Waals surface area contributed by atoms with Crippen molar-refractivity contribution >= 4 is 27.7 Å². The molecule has 6 heteroatoms. The molecule has 0 aliphatic carbocycles. The predicted octanol–water partition coefficient (Wildman–Crippen LogP) is 2.70. The Balaban J connectivity index is 1.90. The highest BCUT2D eigenvalue weighted by atomic mass is 32.2. The van der Waals surface area contributed by atoms with Crippen molar-refractivity contribution in [3.63, 3.8) is 0 Å². The van der Waals surface area contributed by atoms with Crippen molar-refractivity contribution in [3.8, 4) is 0 Å². The molecule has 0 fully saturated rings. The number of carbonyl (C=O) groups is 1. The number of aryl methyl sites for hydroxylation is 1. The van der Waals surface area contributed by atoms with Crippen molar-refractivity contribution in [2.75, 3.05) is 11.0 Å². The largest absolute Gasteiger partial charge is 0.348 e. The van der Waals surface area contributed by atoms with Gasteiger partial charge in [0, 0.05) is 18.3 Å². The topological polar surface area (TPSA) is 75.3 Å². The van der Waals surface area contributed by atoms with Crippen LogP contribution in [0.2, 0.25) is 0 Å². The fourth-order valence-corrected chi connectivity index (χ4v) is 2.66. The van der Waals surface area contributed by atoms with Gasteiger partial charge in [-0.15, -0.1) is 0 Å². The van der Waals surface area contributed by atoms with Crippen molar-refractivity contribution in [3.05, 3.63) is 71.3 Å². The van der Waals surface area contributed by atoms with Crippen LogP contribution in [0.1, 0.15) is 16.7 Å². The maximum Gasteiger partial charge on any atom is 0.244 e. The molecule has 2 aromatic carbocycles. The van der Waals surface area contributed by atoms with E-state index in [9.17, 15) is 13.2 Å². The van der Waals surface area contributed by atoms with Gasteiger partial charge in [0.2, 0.25) is 15.9 Å². The van der Waals surface area contributed by atoms with Crippen LogP contribution in [0.4, 0.5) is 5.69 Å². The van der Waals surface area contributed by atoms with Crippen LogP contribution >= 0.6 is 0 Å². The van der Waals surface area contributed by atoms with E-state index in [0.717, 1.165) is 22.9 Å². The molecule has 0 heterocycles. The number of hydrogen-bond donors (Lipinski definition) is 2. The highest BCUT2D eigenvalue weighted by molar-refractivity contribution is 7.92. The molecule has 2 aromatic rings. The first kappa shape index (κ1) is 17.7. The molecular weight excluding hydrogens is 324 g/mol. The zero-order valence-corrected chi connectivity index (χ0v) is 14.4. The average molecular weight is 344 g/mol. The zero-order chi connectivity index (χ0) is 17.6. The van der Waals surface area contributed by atoms with Crippen LogP contribution in [-0.2, 0) is 21.4 Å². The van der Waals surface area contributed by atoms with Gasteiger partial charge in [-0.2, -0.15) is 0 Å². The van der Waals surface area contributed by atoms with E-state index in [4.69, 9.17) is 0 Å². The second kappa shape index (κ2) is 7.79. The number of anilines is 1. The maximum atomic E-state index is 11.9. The van der Waals surface area contributed by atoms with Gasteiger partial charge in [0.05, 0.1) is 6.26 Å². The monoisotopic (exact) mass is 344 g/mol. The second-order valence-corrected chi connectivity index (χ2v) is 7.22. The molecular formula is C18H20N2O3S. The number of nitrogens with one attached hydrogen (secondary N) is 2. The Hall–Kier alpha value is -2.60. The minimum Gasteiger partial charge on any atom is -0.348 e. The number of carbonyl (C=O) groups excluding carboxylic acids is 1. The molecule has 0 radical (unpaired) electrons. The van der Waals surface area contributed by atoms with E-state index in [2.05, 4.69) is 10.0 Å². The van der Waals surface area contributed by atoms with Crippen molar-refractivity contribution in [2.24, 2.45) is 0 Å². The van der Waals surface area contributed by atoms with Crippen LogP contribution in [-0.4, -0.2) is 20.6 Å². The maximum absolute atomic E-state index is 11.9. The van der Waals surface area contributed by atoms with E-state index in [1.54, 1.807) is 30.3 Å². The third kappa shape index (κ3) is 5.89. The van der Waals surface area contributed by atoms with Gasteiger partial charge in [0.1, 0.15) is 0 Å². The number of rotatable bonds is 6. The lowest BCUT2D eigenvalue weighted by Crippen LogP contribution is -2.20. The summed E-state index contributed by atoms with van der Waals surface area (Å²) in [6.45, 7) is 2.48. The molecule has 0 aliphatic heterocycles. The summed E-state index contributed by atoms with van der Waals surface area (Å²) < 4.78 is 24.7. The molecule has 2 N–H and O–H groups in total. The van der Waals surface area contributed by atoms with Gasteiger partial charge in [0.25, 0.3) is 0 Å². The standard InChI is InChI=1S/C18H20N2O3S/c1-14-5-3-4-6-16(14)13-19-18(21)12-9-15-7-10-17(11-8-15)20-24(2,22)23/h3-12,20H,13H2,1-2H3,(H,19,21)/b12-9+. The van der Waals surface area contributed by atoms with Crippen LogP contribution in [0.3, 0.4) is 0 Å². The fraction of sp³-hybridized carbons (Fsp3) is 0.167. The van der Waals surface area contributed by atoms with Gasteiger partial charge in [0.15, 0.2) is 0 Å². The molecule has 0 spiro atoms. The normalized spacial score (nSPS) is 11.4. The van der Waals surface area contributed by atoms with Gasteiger partial charge < -0.3 is 5.32 Å². The van der Waals surface area contributed by atoms with E-state index in [-0.39, 0.29) is 5.91 Å². The van der Waals surface area contributed by atoms with Crippen LogP contribution < -0.4 is 10.0 Å². The molecule has 0 aromatic heterocycles. The first-order chi connectivity index (χ1) is 11.3. The van der Waals surface area contributed by atoms with Gasteiger partial charge in [-0.05, 0) is 41.8 Å². The van der Waals surface area contributed by atoms with E-state index < -0.39 is 10.0 Å². The van der Waals surface area contributed by atoms with Crippen LogP contribution in [0.5, 0.6) is 0 Å². The Labute approximate surface area is 142 Å². The Bertz CT molecular complexity index is 841. The summed E-state index contributed by atoms with van der Waals surface area (Å²) in [4.78, 5) is 11.9. The summed E-state index contributed by atoms with van der Waals surface area (Å²) in [6.07, 6.45) is 4.23. The van der Waals surface area contributed by atoms with E-state index >= 15 is 0 Å². The molecule has 24 heavy (non-hydrogen) atoms. The smallest absolute Gasteiger partial charge is 0.244 e. The molecule has 0 aliphatic rings. The Kier molecular flexibility index (Phi) is 5.76. The lowest BCUT2D eigenvalue weighted by atomic mass is 10.1. The third-order valence-corrected chi connectivity index (χ3v) is 3.96. The summed E-state index contributed by atoms with van der Waals surface area (Å²) >= 11 is 0. The predicted molar refractivity (Wildman–Crippen MR) is 97.0 cm³/mol. The highest BCUT2D eigenvalue weighted by Gasteiger charge is 2.01. The van der Waals surface area contributed by atoms with E-state index in [0.29, 0.717) is 12.2 Å². The number of amides is 1. The van der Waals surface area contributed by atoms with Crippen LogP contribution in [0.25, 0.3) is 6.08 Å². The second-order valence-electron chi connectivity index (χ2n) is 5.47. The highest BCUT2D eigenvalue weighted by Crippen LogP contribution is 2.12. The van der Waals surface area contributed by atoms with Gasteiger partial charge in [-0.3, -0.25) is 9.52 Å². The number of sulfonamides is 1. The first-order valence-corrected chi connectivity index (χ1v) is 9.31. The minimum atomic E-state index is -3.29.